The van der Waals surface area contributed by atoms with E-state index in [-0.39, 0.29) is 0 Å². The van der Waals surface area contributed by atoms with E-state index in [1.807, 2.05) is 6.07 Å². The number of rotatable bonds is 2. The minimum Gasteiger partial charge on any atom is -0.374 e. The summed E-state index contributed by atoms with van der Waals surface area (Å²) in [7, 11) is 1.35. The quantitative estimate of drug-likeness (QED) is 0.717. The first-order valence-corrected chi connectivity index (χ1v) is 5.46. The lowest BCUT2D eigenvalue weighted by molar-refractivity contribution is -0.183. The fourth-order valence-electron chi connectivity index (χ4n) is 1.71. The Morgan fingerprint density at radius 1 is 1.58 bits per heavy atom. The van der Waals surface area contributed by atoms with Gasteiger partial charge in [0.2, 0.25) is 5.91 Å². The van der Waals surface area contributed by atoms with E-state index in [2.05, 4.69) is 10.2 Å². The van der Waals surface area contributed by atoms with Crippen molar-refractivity contribution in [2.24, 2.45) is 5.92 Å². The third kappa shape index (κ3) is 2.54. The average Bonchev–Trinajstić information content (AvgIpc) is 2.63. The van der Waals surface area contributed by atoms with Crippen molar-refractivity contribution < 1.29 is 19.5 Å². The van der Waals surface area contributed by atoms with Crippen molar-refractivity contribution in [2.45, 2.75) is 6.23 Å². The molecule has 0 radical (unpaired) electrons. The van der Waals surface area contributed by atoms with Crippen molar-refractivity contribution in [2.75, 3.05) is 12.4 Å². The number of benzene rings is 1. The third-order valence-corrected chi connectivity index (χ3v) is 2.70. The van der Waals surface area contributed by atoms with Crippen LogP contribution >= 0.6 is 0 Å². The fourth-order valence-corrected chi connectivity index (χ4v) is 1.71. The zero-order valence-electron chi connectivity index (χ0n) is 10.0. The molecule has 1 aromatic rings. The van der Waals surface area contributed by atoms with Crippen molar-refractivity contribution >= 4 is 17.6 Å². The number of nitrogens with one attached hydrogen (secondary N) is 1. The van der Waals surface area contributed by atoms with E-state index in [1.165, 1.54) is 13.1 Å². The van der Waals surface area contributed by atoms with Crippen LogP contribution in [0.2, 0.25) is 0 Å². The van der Waals surface area contributed by atoms with Crippen LogP contribution in [0.5, 0.6) is 0 Å². The zero-order valence-corrected chi connectivity index (χ0v) is 10.0. The first kappa shape index (κ1) is 13.0. The molecule has 2 atom stereocenters. The lowest BCUT2D eigenvalue weighted by atomic mass is 10.1. The predicted octanol–water partition coefficient (Wildman–Crippen LogP) is -0.165. The molecule has 0 bridgehead atoms. The van der Waals surface area contributed by atoms with Crippen LogP contribution < -0.4 is 5.32 Å². The van der Waals surface area contributed by atoms with Crippen molar-refractivity contribution in [1.29, 1.82) is 5.26 Å². The largest absolute Gasteiger partial charge is 0.374 e. The second-order valence-corrected chi connectivity index (χ2v) is 4.03. The highest BCUT2D eigenvalue weighted by atomic mass is 16.7. The molecule has 2 N–H and O–H groups in total. The summed E-state index contributed by atoms with van der Waals surface area (Å²) >= 11 is 0. The van der Waals surface area contributed by atoms with Crippen molar-refractivity contribution in [3.8, 4) is 6.07 Å². The van der Waals surface area contributed by atoms with Gasteiger partial charge in [-0.1, -0.05) is 6.07 Å². The van der Waals surface area contributed by atoms with Gasteiger partial charge in [0.1, 0.15) is 0 Å². The second kappa shape index (κ2) is 5.06. The maximum atomic E-state index is 11.9. The molecule has 1 heterocycles. The summed E-state index contributed by atoms with van der Waals surface area (Å²) in [6.45, 7) is 0. The van der Waals surface area contributed by atoms with Crippen molar-refractivity contribution in [3.63, 3.8) is 0 Å². The van der Waals surface area contributed by atoms with Gasteiger partial charge in [-0.15, -0.1) is 5.06 Å². The first-order valence-electron chi connectivity index (χ1n) is 5.46. The smallest absolute Gasteiger partial charge is 0.341 e. The molecule has 1 aliphatic rings. The van der Waals surface area contributed by atoms with Crippen LogP contribution in [0.1, 0.15) is 5.56 Å². The number of carbonyl (C=O) groups excluding carboxylic acids is 2. The Labute approximate surface area is 109 Å². The number of aliphatic hydroxyl groups is 1. The molecule has 2 unspecified atom stereocenters. The van der Waals surface area contributed by atoms with Crippen LogP contribution in [0, 0.1) is 17.2 Å². The third-order valence-electron chi connectivity index (χ3n) is 2.70. The summed E-state index contributed by atoms with van der Waals surface area (Å²) < 4.78 is 0. The maximum Gasteiger partial charge on any atom is 0.341 e. The number of aliphatic hydroxyl groups excluding tert-OH is 1. The Morgan fingerprint density at radius 2 is 2.32 bits per heavy atom. The van der Waals surface area contributed by atoms with Gasteiger partial charge in [-0.3, -0.25) is 4.79 Å². The minimum atomic E-state index is -1.33. The van der Waals surface area contributed by atoms with Gasteiger partial charge in [-0.25, -0.2) is 4.79 Å². The van der Waals surface area contributed by atoms with E-state index in [4.69, 9.17) is 5.26 Å². The Morgan fingerprint density at radius 3 is 2.89 bits per heavy atom. The number of hydrogen-bond donors (Lipinski definition) is 2. The van der Waals surface area contributed by atoms with Crippen LogP contribution in [0.4, 0.5) is 5.69 Å². The van der Waals surface area contributed by atoms with Crippen molar-refractivity contribution in [3.05, 3.63) is 29.8 Å². The molecule has 0 aliphatic carbocycles. The molecular weight excluding hydrogens is 250 g/mol. The van der Waals surface area contributed by atoms with E-state index in [0.717, 1.165) is 5.06 Å². The molecule has 0 saturated carbocycles. The molecule has 1 aromatic carbocycles. The number of hydroxylamine groups is 2. The summed E-state index contributed by atoms with van der Waals surface area (Å²) in [5, 5.41) is 21.8. The number of nitrogens with zero attached hydrogens (tertiary/aromatic N) is 2. The highest BCUT2D eigenvalue weighted by molar-refractivity contribution is 6.05. The monoisotopic (exact) mass is 261 g/mol. The fraction of sp³-hybridized carbons (Fsp3) is 0.250. The molecule has 2 rings (SSSR count). The molecule has 19 heavy (non-hydrogen) atoms. The van der Waals surface area contributed by atoms with Gasteiger partial charge in [0.15, 0.2) is 12.1 Å². The number of amides is 1. The Kier molecular flexibility index (Phi) is 3.46. The van der Waals surface area contributed by atoms with Gasteiger partial charge in [0, 0.05) is 12.7 Å². The van der Waals surface area contributed by atoms with Crippen LogP contribution in [0.25, 0.3) is 0 Å². The molecule has 1 amide bonds. The number of hydrogen-bond acceptors (Lipinski definition) is 6. The van der Waals surface area contributed by atoms with Gasteiger partial charge in [0.05, 0.1) is 11.6 Å². The van der Waals surface area contributed by atoms with Gasteiger partial charge >= 0.3 is 5.97 Å². The molecule has 0 aromatic heterocycles. The van der Waals surface area contributed by atoms with Gasteiger partial charge in [-0.05, 0) is 18.2 Å². The van der Waals surface area contributed by atoms with Crippen LogP contribution in [-0.2, 0) is 14.4 Å². The van der Waals surface area contributed by atoms with E-state index >= 15 is 0 Å². The molecule has 1 saturated heterocycles. The number of nitriles is 1. The van der Waals surface area contributed by atoms with Crippen LogP contribution in [0.3, 0.4) is 0 Å². The number of carbonyl (C=O) groups is 2. The Hall–Kier alpha value is -2.43. The van der Waals surface area contributed by atoms with Crippen LogP contribution in [0.15, 0.2) is 24.3 Å². The minimum absolute atomic E-state index is 0.374. The molecule has 0 spiro atoms. The SMILES string of the molecule is CN1OC(=O)C(C(=O)Nc2cccc(C#N)c2)C1O. The predicted molar refractivity (Wildman–Crippen MR) is 63.1 cm³/mol. The number of anilines is 1. The highest BCUT2D eigenvalue weighted by Gasteiger charge is 2.45. The highest BCUT2D eigenvalue weighted by Crippen LogP contribution is 2.21. The zero-order chi connectivity index (χ0) is 14.0. The summed E-state index contributed by atoms with van der Waals surface area (Å²) in [5.74, 6) is -2.81. The maximum absolute atomic E-state index is 11.9. The molecular formula is C12H11N3O4. The summed E-state index contributed by atoms with van der Waals surface area (Å²) in [6, 6.07) is 8.17. The summed E-state index contributed by atoms with van der Waals surface area (Å²) in [5.41, 5.74) is 0.753. The molecule has 1 fully saturated rings. The van der Waals surface area contributed by atoms with E-state index < -0.39 is 24.0 Å². The lowest BCUT2D eigenvalue weighted by Crippen LogP contribution is -2.37. The van der Waals surface area contributed by atoms with Crippen LogP contribution in [-0.4, -0.2) is 35.3 Å². The topological polar surface area (TPSA) is 103 Å². The van der Waals surface area contributed by atoms with Gasteiger partial charge in [0.25, 0.3) is 0 Å². The van der Waals surface area contributed by atoms with Gasteiger partial charge < -0.3 is 15.3 Å². The normalized spacial score (nSPS) is 22.7. The van der Waals surface area contributed by atoms with Gasteiger partial charge in [-0.2, -0.15) is 5.26 Å². The standard InChI is InChI=1S/C12H11N3O4/c1-15-11(17)9(12(18)19-15)10(16)14-8-4-2-3-7(5-8)6-13/h2-5,9,11,17H,1H3,(H,14,16). The van der Waals surface area contributed by atoms with E-state index in [0.29, 0.717) is 11.3 Å². The van der Waals surface area contributed by atoms with E-state index in [9.17, 15) is 14.7 Å². The lowest BCUT2D eigenvalue weighted by Gasteiger charge is -2.13. The average molecular weight is 261 g/mol. The van der Waals surface area contributed by atoms with E-state index in [1.54, 1.807) is 18.2 Å². The molecule has 7 nitrogen and oxygen atoms in total. The molecule has 7 heteroatoms. The second-order valence-electron chi connectivity index (χ2n) is 4.03. The Bertz CT molecular complexity index is 566. The first-order chi connectivity index (χ1) is 9.02. The van der Waals surface area contributed by atoms with Crippen molar-refractivity contribution in [1.82, 2.24) is 5.06 Å². The Balaban J connectivity index is 2.13. The molecule has 1 aliphatic heterocycles. The summed E-state index contributed by atoms with van der Waals surface area (Å²) in [6.07, 6.45) is -1.33. The summed E-state index contributed by atoms with van der Waals surface area (Å²) in [4.78, 5) is 27.9. The molecule has 98 valence electrons.